The number of hydrogen-bond acceptors (Lipinski definition) is 8. The normalized spacial score (nSPS) is 11.5. The fraction of sp³-hybridized carbons (Fsp3) is 0.300. The van der Waals surface area contributed by atoms with Crippen molar-refractivity contribution in [1.29, 1.82) is 0 Å². The van der Waals surface area contributed by atoms with E-state index in [0.717, 1.165) is 0 Å². The highest BCUT2D eigenvalue weighted by atomic mass is 19.3. The Bertz CT molecular complexity index is 1580. The summed E-state index contributed by atoms with van der Waals surface area (Å²) in [5, 5.41) is 0. The molecule has 2 N–H and O–H groups in total. The highest BCUT2D eigenvalue weighted by molar-refractivity contribution is 5.85. The molecule has 1 amide bonds. The average Bonchev–Trinajstić information content (AvgIpc) is 2.91. The molecule has 12 heteroatoms. The topological polar surface area (TPSA) is 116 Å². The fourth-order valence-corrected chi connectivity index (χ4v) is 4.08. The molecule has 9 nitrogen and oxygen atoms in total. The lowest BCUT2D eigenvalue weighted by Gasteiger charge is -2.24. The standard InChI is InChI=1S/C30H31F3N6O3/c1-17-13-19(14-23(35-17)26(32)33)24-25(18-9-11-20(31)12-10-18)37-28(34)38-27(24)41-16-22-8-6-7-21(36-22)15-39(5)29(40)42-30(2,3)4/h6-14,26H,15-16H2,1-5H3,(H2,34,37,38). The zero-order valence-corrected chi connectivity index (χ0v) is 23.9. The van der Waals surface area contributed by atoms with Gasteiger partial charge in [0.15, 0.2) is 0 Å². The number of aryl methyl sites for hydroxylation is 1. The predicted octanol–water partition coefficient (Wildman–Crippen LogP) is 6.51. The molecule has 1 aromatic carbocycles. The van der Waals surface area contributed by atoms with Crippen LogP contribution in [-0.2, 0) is 17.9 Å². The Hall–Kier alpha value is -4.74. The van der Waals surface area contributed by atoms with Gasteiger partial charge in [0.1, 0.15) is 23.7 Å². The van der Waals surface area contributed by atoms with E-state index in [-0.39, 0.29) is 36.2 Å². The summed E-state index contributed by atoms with van der Waals surface area (Å²) >= 11 is 0. The number of benzene rings is 1. The lowest BCUT2D eigenvalue weighted by Crippen LogP contribution is -2.34. The van der Waals surface area contributed by atoms with Crippen molar-refractivity contribution in [3.05, 3.63) is 83.2 Å². The second kappa shape index (κ2) is 12.4. The first kappa shape index (κ1) is 30.2. The van der Waals surface area contributed by atoms with E-state index in [9.17, 15) is 18.0 Å². The molecule has 0 saturated carbocycles. The van der Waals surface area contributed by atoms with Crippen LogP contribution in [0.1, 0.15) is 50.0 Å². The van der Waals surface area contributed by atoms with Crippen LogP contribution < -0.4 is 10.5 Å². The van der Waals surface area contributed by atoms with E-state index in [1.807, 2.05) is 0 Å². The summed E-state index contributed by atoms with van der Waals surface area (Å²) in [6.07, 6.45) is -3.31. The second-order valence-corrected chi connectivity index (χ2v) is 10.6. The Labute approximate surface area is 241 Å². The van der Waals surface area contributed by atoms with Crippen LogP contribution in [-0.4, -0.2) is 43.6 Å². The summed E-state index contributed by atoms with van der Waals surface area (Å²) in [7, 11) is 1.61. The number of carbonyl (C=O) groups is 1. The number of nitrogens with two attached hydrogens (primary N) is 1. The van der Waals surface area contributed by atoms with Crippen LogP contribution in [0.2, 0.25) is 0 Å². The highest BCUT2D eigenvalue weighted by Crippen LogP contribution is 2.39. The van der Waals surface area contributed by atoms with Gasteiger partial charge in [-0.3, -0.25) is 9.97 Å². The van der Waals surface area contributed by atoms with Gasteiger partial charge in [-0.05, 0) is 81.8 Å². The van der Waals surface area contributed by atoms with Gasteiger partial charge >= 0.3 is 6.09 Å². The first-order valence-electron chi connectivity index (χ1n) is 13.0. The third-order valence-electron chi connectivity index (χ3n) is 5.82. The number of hydrogen-bond donors (Lipinski definition) is 1. The molecule has 0 atom stereocenters. The number of carbonyl (C=O) groups excluding carboxylic acids is 1. The number of anilines is 1. The first-order chi connectivity index (χ1) is 19.8. The van der Waals surface area contributed by atoms with Crippen LogP contribution >= 0.6 is 0 Å². The van der Waals surface area contributed by atoms with Crippen molar-refractivity contribution in [2.24, 2.45) is 0 Å². The van der Waals surface area contributed by atoms with Gasteiger partial charge in [0, 0.05) is 18.3 Å². The molecule has 0 unspecified atom stereocenters. The van der Waals surface area contributed by atoms with E-state index in [0.29, 0.717) is 28.2 Å². The number of aromatic nitrogens is 4. The van der Waals surface area contributed by atoms with Crippen molar-refractivity contribution in [2.75, 3.05) is 12.8 Å². The van der Waals surface area contributed by atoms with E-state index >= 15 is 0 Å². The molecule has 0 spiro atoms. The molecule has 0 saturated heterocycles. The predicted molar refractivity (Wildman–Crippen MR) is 151 cm³/mol. The van der Waals surface area contributed by atoms with Crippen molar-refractivity contribution in [2.45, 2.75) is 52.9 Å². The van der Waals surface area contributed by atoms with Crippen LogP contribution in [0.4, 0.5) is 23.9 Å². The van der Waals surface area contributed by atoms with E-state index in [1.165, 1.54) is 35.2 Å². The first-order valence-corrected chi connectivity index (χ1v) is 13.0. The quantitative estimate of drug-likeness (QED) is 0.251. The van der Waals surface area contributed by atoms with E-state index < -0.39 is 29.6 Å². The fourth-order valence-electron chi connectivity index (χ4n) is 4.08. The number of alkyl halides is 2. The number of rotatable bonds is 8. The van der Waals surface area contributed by atoms with Gasteiger partial charge in [-0.1, -0.05) is 6.07 Å². The summed E-state index contributed by atoms with van der Waals surface area (Å²) in [5.41, 5.74) is 7.76. The summed E-state index contributed by atoms with van der Waals surface area (Å²) in [5.74, 6) is -0.568. The number of ether oxygens (including phenoxy) is 2. The maximum Gasteiger partial charge on any atom is 0.410 e. The van der Waals surface area contributed by atoms with E-state index in [1.54, 1.807) is 59.0 Å². The van der Waals surface area contributed by atoms with Gasteiger partial charge in [0.2, 0.25) is 11.8 Å². The molecule has 3 aromatic heterocycles. The number of pyridine rings is 2. The summed E-state index contributed by atoms with van der Waals surface area (Å²) in [6, 6.07) is 13.6. The molecular weight excluding hydrogens is 549 g/mol. The van der Waals surface area contributed by atoms with Gasteiger partial charge in [-0.2, -0.15) is 4.98 Å². The highest BCUT2D eigenvalue weighted by Gasteiger charge is 2.23. The average molecular weight is 581 g/mol. The molecule has 4 aromatic rings. The SMILES string of the molecule is Cc1cc(-c2c(OCc3cccc(CN(C)C(=O)OC(C)(C)C)n3)nc(N)nc2-c2ccc(F)cc2)cc(C(F)F)n1. The molecular formula is C30H31F3N6O3. The third-order valence-corrected chi connectivity index (χ3v) is 5.82. The maximum absolute atomic E-state index is 13.7. The van der Waals surface area contributed by atoms with E-state index in [4.69, 9.17) is 15.2 Å². The molecule has 0 aliphatic heterocycles. The van der Waals surface area contributed by atoms with Crippen LogP contribution in [0.3, 0.4) is 0 Å². The minimum absolute atomic E-state index is 0.0192. The molecule has 42 heavy (non-hydrogen) atoms. The van der Waals surface area contributed by atoms with Crippen molar-refractivity contribution in [1.82, 2.24) is 24.8 Å². The summed E-state index contributed by atoms with van der Waals surface area (Å²) in [6.45, 7) is 7.07. The zero-order valence-electron chi connectivity index (χ0n) is 23.9. The van der Waals surface area contributed by atoms with Gasteiger partial charge < -0.3 is 20.1 Å². The lowest BCUT2D eigenvalue weighted by atomic mass is 9.99. The molecule has 3 heterocycles. The third kappa shape index (κ3) is 7.71. The van der Waals surface area contributed by atoms with Crippen molar-refractivity contribution in [3.8, 4) is 28.3 Å². The van der Waals surface area contributed by atoms with Crippen molar-refractivity contribution < 1.29 is 27.4 Å². The van der Waals surface area contributed by atoms with Gasteiger partial charge in [0.25, 0.3) is 6.43 Å². The summed E-state index contributed by atoms with van der Waals surface area (Å²) < 4.78 is 52.5. The Morgan fingerprint density at radius 1 is 0.976 bits per heavy atom. The Kier molecular flexibility index (Phi) is 8.93. The maximum atomic E-state index is 13.7. The van der Waals surface area contributed by atoms with Crippen LogP contribution in [0.15, 0.2) is 54.6 Å². The van der Waals surface area contributed by atoms with Crippen LogP contribution in [0.5, 0.6) is 5.88 Å². The molecule has 4 rings (SSSR count). The minimum Gasteiger partial charge on any atom is -0.471 e. The number of halogens is 3. The number of nitrogen functional groups attached to an aromatic ring is 1. The zero-order chi connectivity index (χ0) is 30.6. The van der Waals surface area contributed by atoms with Crippen molar-refractivity contribution >= 4 is 12.0 Å². The largest absolute Gasteiger partial charge is 0.471 e. The second-order valence-electron chi connectivity index (χ2n) is 10.6. The molecule has 220 valence electrons. The van der Waals surface area contributed by atoms with Gasteiger partial charge in [-0.25, -0.2) is 22.9 Å². The smallest absolute Gasteiger partial charge is 0.410 e. The Balaban J connectivity index is 1.69. The monoisotopic (exact) mass is 580 g/mol. The van der Waals surface area contributed by atoms with Gasteiger partial charge in [0.05, 0.1) is 29.2 Å². The van der Waals surface area contributed by atoms with Crippen LogP contribution in [0.25, 0.3) is 22.4 Å². The molecule has 0 fully saturated rings. The Morgan fingerprint density at radius 2 is 1.67 bits per heavy atom. The summed E-state index contributed by atoms with van der Waals surface area (Å²) in [4.78, 5) is 30.9. The Morgan fingerprint density at radius 3 is 2.33 bits per heavy atom. The molecule has 0 radical (unpaired) electrons. The van der Waals surface area contributed by atoms with Gasteiger partial charge in [-0.15, -0.1) is 0 Å². The van der Waals surface area contributed by atoms with Crippen molar-refractivity contribution in [3.63, 3.8) is 0 Å². The van der Waals surface area contributed by atoms with E-state index in [2.05, 4.69) is 19.9 Å². The van der Waals surface area contributed by atoms with Crippen LogP contribution in [0, 0.1) is 12.7 Å². The minimum atomic E-state index is -2.82. The molecule has 0 bridgehead atoms. The molecule has 0 aliphatic carbocycles. The number of amides is 1. The number of nitrogens with zero attached hydrogens (tertiary/aromatic N) is 5. The lowest BCUT2D eigenvalue weighted by molar-refractivity contribution is 0.0283. The molecule has 0 aliphatic rings.